The van der Waals surface area contributed by atoms with Gasteiger partial charge in [0, 0.05) is 12.8 Å². The van der Waals surface area contributed by atoms with Crippen LogP contribution in [0.2, 0.25) is 0 Å². The topological polar surface area (TPSA) is 40.1 Å². The third-order valence-electron chi connectivity index (χ3n) is 2.61. The van der Waals surface area contributed by atoms with Crippen LogP contribution in [-0.4, -0.2) is 21.8 Å². The summed E-state index contributed by atoms with van der Waals surface area (Å²) >= 11 is -0.520. The maximum Gasteiger partial charge on any atom is 0.132 e. The predicted octanol–water partition coefficient (Wildman–Crippen LogP) is 3.46. The highest BCUT2D eigenvalue weighted by molar-refractivity contribution is 7.91. The van der Waals surface area contributed by atoms with Crippen LogP contribution in [0.3, 0.4) is 0 Å². The molecule has 96 valence electrons. The first-order valence-corrected chi connectivity index (χ1v) is 8.06. The molecule has 0 aromatic heterocycles. The van der Waals surface area contributed by atoms with Gasteiger partial charge in [0.15, 0.2) is 0 Å². The van der Waals surface area contributed by atoms with Crippen molar-refractivity contribution in [3.8, 4) is 0 Å². The Labute approximate surface area is 103 Å². The third kappa shape index (κ3) is 10.5. The summed E-state index contributed by atoms with van der Waals surface area (Å²) in [6.07, 6.45) is 8.54. The van der Waals surface area contributed by atoms with E-state index in [9.17, 15) is 9.35 Å². The first-order chi connectivity index (χ1) is 7.70. The molecule has 0 bridgehead atoms. The van der Waals surface area contributed by atoms with E-state index in [-0.39, 0.29) is 0 Å². The Hall–Kier alpha value is -0.0200. The molecule has 2 nitrogen and oxygen atoms in total. The maximum absolute atomic E-state index is 11.1. The number of rotatable bonds is 6. The Kier molecular flexibility index (Phi) is 11.5. The summed E-state index contributed by atoms with van der Waals surface area (Å²) in [5.74, 6) is 2.28. The van der Waals surface area contributed by atoms with Gasteiger partial charge < -0.3 is 4.55 Å². The number of ketones is 1. The van der Waals surface area contributed by atoms with Crippen LogP contribution in [0.1, 0.15) is 65.2 Å². The van der Waals surface area contributed by atoms with E-state index in [0.29, 0.717) is 5.78 Å². The molecule has 0 aliphatic heterocycles. The standard InChI is InChI=1S/C8H18OS.C5H8O/c1-3-5-7-10(9)8-6-4-2;6-5-3-1-2-4-5/h3-8H2,1-2H3;1-4H2. The van der Waals surface area contributed by atoms with Gasteiger partial charge in [-0.2, -0.15) is 0 Å². The van der Waals surface area contributed by atoms with E-state index in [1.165, 1.54) is 0 Å². The summed E-state index contributed by atoms with van der Waals surface area (Å²) in [6.45, 7) is 4.27. The summed E-state index contributed by atoms with van der Waals surface area (Å²) < 4.78 is 11.1. The molecule has 1 aliphatic rings. The molecule has 3 heteroatoms. The minimum absolute atomic E-state index is 0.454. The fourth-order valence-electron chi connectivity index (χ4n) is 1.48. The van der Waals surface area contributed by atoms with Gasteiger partial charge in [0.1, 0.15) is 17.3 Å². The van der Waals surface area contributed by atoms with Crippen LogP contribution in [-0.2, 0) is 16.0 Å². The highest BCUT2D eigenvalue weighted by atomic mass is 32.2. The Morgan fingerprint density at radius 3 is 1.75 bits per heavy atom. The molecule has 0 saturated heterocycles. The Morgan fingerprint density at radius 2 is 1.50 bits per heavy atom. The summed E-state index contributed by atoms with van der Waals surface area (Å²) in [5.41, 5.74) is 0. The van der Waals surface area contributed by atoms with Crippen LogP contribution < -0.4 is 0 Å². The van der Waals surface area contributed by atoms with E-state index in [0.717, 1.165) is 62.9 Å². The third-order valence-corrected chi connectivity index (χ3v) is 4.10. The molecule has 1 aliphatic carbocycles. The summed E-state index contributed by atoms with van der Waals surface area (Å²) in [4.78, 5) is 10.2. The molecule has 1 fully saturated rings. The molecule has 16 heavy (non-hydrogen) atoms. The summed E-state index contributed by atoms with van der Waals surface area (Å²) in [5, 5.41) is 0. The fourth-order valence-corrected chi connectivity index (χ4v) is 2.91. The number of carbonyl (C=O) groups is 1. The number of unbranched alkanes of at least 4 members (excludes halogenated alkanes) is 2. The molecule has 0 amide bonds. The second-order valence-corrected chi connectivity index (χ2v) is 6.00. The first-order valence-electron chi connectivity index (χ1n) is 6.57. The zero-order chi connectivity index (χ0) is 12.2. The highest BCUT2D eigenvalue weighted by Crippen LogP contribution is 2.11. The fraction of sp³-hybridized carbons (Fsp3) is 0.923. The van der Waals surface area contributed by atoms with Gasteiger partial charge in [0.2, 0.25) is 0 Å². The molecule has 0 radical (unpaired) electrons. The van der Waals surface area contributed by atoms with Crippen molar-refractivity contribution in [3.63, 3.8) is 0 Å². The van der Waals surface area contributed by atoms with E-state index in [4.69, 9.17) is 0 Å². The van der Waals surface area contributed by atoms with Crippen molar-refractivity contribution < 1.29 is 9.35 Å². The van der Waals surface area contributed by atoms with Crippen LogP contribution in [0.25, 0.3) is 0 Å². The van der Waals surface area contributed by atoms with E-state index >= 15 is 0 Å². The maximum atomic E-state index is 11.1. The van der Waals surface area contributed by atoms with Crippen LogP contribution in [0, 0.1) is 0 Å². The van der Waals surface area contributed by atoms with E-state index < -0.39 is 11.2 Å². The molecule has 1 saturated carbocycles. The molecule has 0 aromatic carbocycles. The lowest BCUT2D eigenvalue weighted by molar-refractivity contribution is -0.117. The molecule has 0 aromatic rings. The largest absolute Gasteiger partial charge is 0.616 e. The van der Waals surface area contributed by atoms with Gasteiger partial charge in [0.05, 0.1) is 0 Å². The Morgan fingerprint density at radius 1 is 1.06 bits per heavy atom. The first kappa shape index (κ1) is 16.0. The minimum atomic E-state index is -0.520. The number of Topliss-reactive ketones (excluding diaryl/α,β-unsaturated/α-hetero) is 1. The van der Waals surface area contributed by atoms with Crippen molar-refractivity contribution in [1.29, 1.82) is 0 Å². The molecular weight excluding hydrogens is 220 g/mol. The lowest BCUT2D eigenvalue weighted by Gasteiger charge is -2.08. The zero-order valence-corrected chi connectivity index (χ0v) is 11.6. The van der Waals surface area contributed by atoms with Gasteiger partial charge in [-0.25, -0.2) is 0 Å². The van der Waals surface area contributed by atoms with Gasteiger partial charge in [-0.3, -0.25) is 4.79 Å². The van der Waals surface area contributed by atoms with Gasteiger partial charge in [-0.05, 0) is 25.7 Å². The minimum Gasteiger partial charge on any atom is -0.616 e. The van der Waals surface area contributed by atoms with Crippen LogP contribution in [0.15, 0.2) is 0 Å². The Bertz CT molecular complexity index is 155. The molecule has 0 heterocycles. The lowest BCUT2D eigenvalue weighted by Crippen LogP contribution is -2.10. The van der Waals surface area contributed by atoms with Crippen LogP contribution in [0.4, 0.5) is 0 Å². The lowest BCUT2D eigenvalue weighted by atomic mass is 10.4. The number of carbonyl (C=O) groups excluding carboxylic acids is 1. The van der Waals surface area contributed by atoms with E-state index in [1.54, 1.807) is 0 Å². The predicted molar refractivity (Wildman–Crippen MR) is 71.2 cm³/mol. The average molecular weight is 246 g/mol. The molecule has 0 unspecified atom stereocenters. The van der Waals surface area contributed by atoms with Crippen molar-refractivity contribution in [2.75, 3.05) is 11.5 Å². The SMILES string of the molecule is CCCC[S+]([O-])CCCC.O=C1CCCC1. The monoisotopic (exact) mass is 246 g/mol. The second kappa shape index (κ2) is 11.5. The van der Waals surface area contributed by atoms with Gasteiger partial charge >= 0.3 is 0 Å². The van der Waals surface area contributed by atoms with Crippen molar-refractivity contribution >= 4 is 17.0 Å². The van der Waals surface area contributed by atoms with Crippen LogP contribution >= 0.6 is 0 Å². The van der Waals surface area contributed by atoms with Crippen molar-refractivity contribution in [1.82, 2.24) is 0 Å². The summed E-state index contributed by atoms with van der Waals surface area (Å²) in [7, 11) is 0. The van der Waals surface area contributed by atoms with Crippen molar-refractivity contribution in [3.05, 3.63) is 0 Å². The average Bonchev–Trinajstić information content (AvgIpc) is 2.75. The van der Waals surface area contributed by atoms with E-state index in [1.807, 2.05) is 0 Å². The van der Waals surface area contributed by atoms with Crippen molar-refractivity contribution in [2.24, 2.45) is 0 Å². The molecule has 1 rings (SSSR count). The van der Waals surface area contributed by atoms with Gasteiger partial charge in [-0.15, -0.1) is 0 Å². The molecule has 0 atom stereocenters. The van der Waals surface area contributed by atoms with E-state index in [2.05, 4.69) is 13.8 Å². The molecule has 0 N–H and O–H groups in total. The quantitative estimate of drug-likeness (QED) is 0.673. The van der Waals surface area contributed by atoms with Crippen LogP contribution in [0.5, 0.6) is 0 Å². The smallest absolute Gasteiger partial charge is 0.132 e. The number of hydrogen-bond acceptors (Lipinski definition) is 2. The number of hydrogen-bond donors (Lipinski definition) is 0. The van der Waals surface area contributed by atoms with Gasteiger partial charge in [-0.1, -0.05) is 37.9 Å². The highest BCUT2D eigenvalue weighted by Gasteiger charge is 2.07. The Balaban J connectivity index is 0.000000315. The normalized spacial score (nSPS) is 15.1. The summed E-state index contributed by atoms with van der Waals surface area (Å²) in [6, 6.07) is 0. The zero-order valence-electron chi connectivity index (χ0n) is 10.8. The molecule has 0 spiro atoms. The van der Waals surface area contributed by atoms with Gasteiger partial charge in [0.25, 0.3) is 0 Å². The van der Waals surface area contributed by atoms with Crippen molar-refractivity contribution in [2.45, 2.75) is 65.2 Å². The molecular formula is C13H26O2S. The second-order valence-electron chi connectivity index (χ2n) is 4.30.